The zero-order valence-electron chi connectivity index (χ0n) is 6.43. The summed E-state index contributed by atoms with van der Waals surface area (Å²) in [7, 11) is 1.78. The number of aromatic nitrogens is 4. The Morgan fingerprint density at radius 2 is 2.25 bits per heavy atom. The maximum Gasteiger partial charge on any atom is 0.283 e. The number of hydrogen-bond acceptors (Lipinski definition) is 4. The fourth-order valence-corrected chi connectivity index (χ4v) is 1.02. The molecule has 2 rings (SSSR count). The molecular weight excluding hydrogens is 156 g/mol. The molecule has 0 radical (unpaired) electrons. The third-order valence-electron chi connectivity index (χ3n) is 1.60. The molecule has 0 saturated heterocycles. The van der Waals surface area contributed by atoms with Crippen LogP contribution in [0.3, 0.4) is 0 Å². The lowest BCUT2D eigenvalue weighted by Gasteiger charge is -1.99. The molecule has 5 nitrogen and oxygen atoms in total. The van der Waals surface area contributed by atoms with E-state index in [-0.39, 0.29) is 5.56 Å². The molecule has 0 aliphatic carbocycles. The van der Waals surface area contributed by atoms with Gasteiger partial charge >= 0.3 is 0 Å². The first-order valence-electron chi connectivity index (χ1n) is 3.40. The summed E-state index contributed by atoms with van der Waals surface area (Å²) >= 11 is 0. The highest BCUT2D eigenvalue weighted by Crippen LogP contribution is 1.99. The van der Waals surface area contributed by atoms with Crippen molar-refractivity contribution in [2.75, 3.05) is 0 Å². The Bertz CT molecular complexity index is 476. The van der Waals surface area contributed by atoms with Gasteiger partial charge in [-0.15, -0.1) is 0 Å². The van der Waals surface area contributed by atoms with Crippen molar-refractivity contribution < 1.29 is 0 Å². The Morgan fingerprint density at radius 1 is 1.42 bits per heavy atom. The van der Waals surface area contributed by atoms with Crippen LogP contribution in [0.25, 0.3) is 11.0 Å². The van der Waals surface area contributed by atoms with E-state index in [9.17, 15) is 4.79 Å². The molecule has 0 bridgehead atoms. The maximum atomic E-state index is 11.1. The summed E-state index contributed by atoms with van der Waals surface area (Å²) in [5.41, 5.74) is 0.314. The SMILES string of the molecule is Cn1cnc(=O)c2cncnc21. The highest BCUT2D eigenvalue weighted by Gasteiger charge is 2.00. The van der Waals surface area contributed by atoms with Crippen LogP contribution in [0.4, 0.5) is 0 Å². The molecule has 0 spiro atoms. The lowest BCUT2D eigenvalue weighted by molar-refractivity contribution is 0.878. The second-order valence-electron chi connectivity index (χ2n) is 2.42. The summed E-state index contributed by atoms with van der Waals surface area (Å²) < 4.78 is 1.68. The molecule has 5 heteroatoms. The summed E-state index contributed by atoms with van der Waals surface area (Å²) in [6.45, 7) is 0. The van der Waals surface area contributed by atoms with Crippen LogP contribution < -0.4 is 5.56 Å². The minimum Gasteiger partial charge on any atom is -0.319 e. The van der Waals surface area contributed by atoms with Crippen molar-refractivity contribution in [1.29, 1.82) is 0 Å². The molecular formula is C7H6N4O. The van der Waals surface area contributed by atoms with Gasteiger partial charge < -0.3 is 4.57 Å². The highest BCUT2D eigenvalue weighted by molar-refractivity contribution is 5.71. The van der Waals surface area contributed by atoms with Gasteiger partial charge in [0.15, 0.2) is 0 Å². The van der Waals surface area contributed by atoms with E-state index in [0.29, 0.717) is 11.0 Å². The van der Waals surface area contributed by atoms with E-state index in [4.69, 9.17) is 0 Å². The topological polar surface area (TPSA) is 60.7 Å². The maximum absolute atomic E-state index is 11.1. The van der Waals surface area contributed by atoms with Crippen molar-refractivity contribution in [2.24, 2.45) is 7.05 Å². The predicted molar refractivity (Wildman–Crippen MR) is 42.6 cm³/mol. The molecule has 60 valence electrons. The molecule has 2 aromatic rings. The van der Waals surface area contributed by atoms with Gasteiger partial charge in [-0.3, -0.25) is 4.79 Å². The molecule has 12 heavy (non-hydrogen) atoms. The number of nitrogens with zero attached hydrogens (tertiary/aromatic N) is 4. The van der Waals surface area contributed by atoms with Gasteiger partial charge in [0.05, 0.1) is 0 Å². The first kappa shape index (κ1) is 6.90. The molecule has 2 aromatic heterocycles. The smallest absolute Gasteiger partial charge is 0.283 e. The van der Waals surface area contributed by atoms with Crippen LogP contribution in [0, 0.1) is 0 Å². The molecule has 0 aliphatic rings. The summed E-state index contributed by atoms with van der Waals surface area (Å²) in [4.78, 5) is 22.5. The van der Waals surface area contributed by atoms with Crippen LogP contribution in [-0.4, -0.2) is 19.5 Å². The number of aryl methyl sites for hydroxylation is 1. The molecule has 0 amide bonds. The fraction of sp³-hybridized carbons (Fsp3) is 0.143. The van der Waals surface area contributed by atoms with E-state index in [1.54, 1.807) is 11.6 Å². The van der Waals surface area contributed by atoms with Gasteiger partial charge in [0.25, 0.3) is 5.56 Å². The fourth-order valence-electron chi connectivity index (χ4n) is 1.02. The van der Waals surface area contributed by atoms with Crippen LogP contribution in [0.15, 0.2) is 23.6 Å². The first-order valence-corrected chi connectivity index (χ1v) is 3.40. The van der Waals surface area contributed by atoms with Crippen molar-refractivity contribution in [2.45, 2.75) is 0 Å². The third kappa shape index (κ3) is 0.868. The quantitative estimate of drug-likeness (QED) is 0.534. The second kappa shape index (κ2) is 2.37. The van der Waals surface area contributed by atoms with E-state index >= 15 is 0 Å². The molecule has 0 N–H and O–H groups in total. The number of hydrogen-bond donors (Lipinski definition) is 0. The van der Waals surface area contributed by atoms with E-state index in [1.165, 1.54) is 18.9 Å². The van der Waals surface area contributed by atoms with Crippen molar-refractivity contribution in [3.05, 3.63) is 29.2 Å². The highest BCUT2D eigenvalue weighted by atomic mass is 16.1. The average Bonchev–Trinajstić information content (AvgIpc) is 2.12. The van der Waals surface area contributed by atoms with Crippen molar-refractivity contribution >= 4 is 11.0 Å². The number of rotatable bonds is 0. The summed E-state index contributed by atoms with van der Waals surface area (Å²) in [6.07, 6.45) is 4.32. The zero-order valence-corrected chi connectivity index (χ0v) is 6.43. The van der Waals surface area contributed by atoms with E-state index in [1.807, 2.05) is 0 Å². The normalized spacial score (nSPS) is 10.4. The molecule has 2 heterocycles. The minimum absolute atomic E-state index is 0.288. The third-order valence-corrected chi connectivity index (χ3v) is 1.60. The number of fused-ring (bicyclic) bond motifs is 1. The van der Waals surface area contributed by atoms with Gasteiger partial charge in [0.2, 0.25) is 0 Å². The van der Waals surface area contributed by atoms with Crippen LogP contribution in [-0.2, 0) is 7.05 Å². The lowest BCUT2D eigenvalue weighted by Crippen LogP contribution is -2.11. The Morgan fingerprint density at radius 3 is 3.00 bits per heavy atom. The Labute approximate surface area is 67.7 Å². The minimum atomic E-state index is -0.288. The predicted octanol–water partition coefficient (Wildman–Crippen LogP) is -0.276. The van der Waals surface area contributed by atoms with Crippen LogP contribution in [0.2, 0.25) is 0 Å². The molecule has 0 saturated carbocycles. The van der Waals surface area contributed by atoms with Gasteiger partial charge in [-0.25, -0.2) is 9.97 Å². The van der Waals surface area contributed by atoms with Crippen molar-refractivity contribution in [3.63, 3.8) is 0 Å². The standard InChI is InChI=1S/C7H6N4O/c1-11-4-10-7(12)5-2-8-3-9-6(5)11/h2-4H,1H3. The summed E-state index contributed by atoms with van der Waals surface area (Å²) in [6, 6.07) is 0. The van der Waals surface area contributed by atoms with Gasteiger partial charge in [-0.05, 0) is 0 Å². The van der Waals surface area contributed by atoms with Gasteiger partial charge in [-0.2, -0.15) is 4.98 Å². The molecule has 0 aromatic carbocycles. The van der Waals surface area contributed by atoms with E-state index in [0.717, 1.165) is 0 Å². The molecule has 0 unspecified atom stereocenters. The van der Waals surface area contributed by atoms with E-state index < -0.39 is 0 Å². The Hall–Kier alpha value is -1.78. The Kier molecular flexibility index (Phi) is 1.36. The Balaban J connectivity index is 3.05. The second-order valence-corrected chi connectivity index (χ2v) is 2.42. The lowest BCUT2D eigenvalue weighted by atomic mass is 10.4. The summed E-state index contributed by atoms with van der Waals surface area (Å²) in [5.74, 6) is 0. The van der Waals surface area contributed by atoms with Crippen molar-refractivity contribution in [1.82, 2.24) is 19.5 Å². The first-order chi connectivity index (χ1) is 5.79. The molecule has 0 fully saturated rings. The van der Waals surface area contributed by atoms with Crippen molar-refractivity contribution in [3.8, 4) is 0 Å². The van der Waals surface area contributed by atoms with E-state index in [2.05, 4.69) is 15.0 Å². The van der Waals surface area contributed by atoms with Gasteiger partial charge in [0, 0.05) is 13.2 Å². The molecule has 0 atom stereocenters. The largest absolute Gasteiger partial charge is 0.319 e. The zero-order chi connectivity index (χ0) is 8.55. The van der Waals surface area contributed by atoms with Crippen LogP contribution in [0.5, 0.6) is 0 Å². The summed E-state index contributed by atoms with van der Waals surface area (Å²) in [5, 5.41) is 0.447. The van der Waals surface area contributed by atoms with Gasteiger partial charge in [0.1, 0.15) is 23.7 Å². The van der Waals surface area contributed by atoms with Crippen LogP contribution >= 0.6 is 0 Å². The van der Waals surface area contributed by atoms with Gasteiger partial charge in [-0.1, -0.05) is 0 Å². The molecule has 0 aliphatic heterocycles. The average molecular weight is 162 g/mol. The van der Waals surface area contributed by atoms with Crippen LogP contribution in [0.1, 0.15) is 0 Å². The monoisotopic (exact) mass is 162 g/mol.